The third kappa shape index (κ3) is 12.6. The van der Waals surface area contributed by atoms with E-state index in [-0.39, 0.29) is 47.2 Å². The minimum Gasteiger partial charge on any atom is -1.00 e. The van der Waals surface area contributed by atoms with Gasteiger partial charge in [0.1, 0.15) is 19.0 Å². The molecule has 0 amide bonds. The average molecular weight is 322 g/mol. The van der Waals surface area contributed by atoms with E-state index >= 15 is 0 Å². The molecule has 1 unspecified atom stereocenters. The molecule has 0 fully saturated rings. The molecular weight excluding hydrogens is 304 g/mol. The van der Waals surface area contributed by atoms with Crippen molar-refractivity contribution in [3.8, 4) is 0 Å². The maximum absolute atomic E-state index is 11.3. The summed E-state index contributed by atoms with van der Waals surface area (Å²) in [5.41, 5.74) is 0. The first-order valence-electron chi connectivity index (χ1n) is 5.17. The molecular formula is C10H18CaO7S. The molecule has 0 aromatic carbocycles. The van der Waals surface area contributed by atoms with Crippen molar-refractivity contribution >= 4 is 59.8 Å². The number of ether oxygens (including phenoxy) is 2. The normalized spacial score (nSPS) is 12.6. The fourth-order valence-corrected chi connectivity index (χ4v) is 1.14. The van der Waals surface area contributed by atoms with Crippen molar-refractivity contribution in [2.75, 3.05) is 19.0 Å². The maximum Gasteiger partial charge on any atom is 2.00 e. The fourth-order valence-electron chi connectivity index (χ4n) is 0.849. The fraction of sp³-hybridized carbons (Fsp3) is 0.600. The van der Waals surface area contributed by atoms with Crippen LogP contribution >= 0.6 is 0 Å². The summed E-state index contributed by atoms with van der Waals surface area (Å²) in [5.74, 6) is -2.65. The molecule has 19 heavy (non-hydrogen) atoms. The minimum atomic E-state index is -4.15. The minimum absolute atomic E-state index is 0. The smallest absolute Gasteiger partial charge is 1.00 e. The second-order valence-electron chi connectivity index (χ2n) is 3.48. The molecule has 0 aromatic heterocycles. The SMILES string of the molecule is CC=CC(=O)OCC(C)C(=O)OCCS(=O)(=O)O.[Ca+2].[H-].[H-]. The number of carbonyl (C=O) groups excluding carboxylic acids is 2. The Morgan fingerprint density at radius 2 is 1.95 bits per heavy atom. The third-order valence-electron chi connectivity index (χ3n) is 1.77. The largest absolute Gasteiger partial charge is 2.00 e. The summed E-state index contributed by atoms with van der Waals surface area (Å²) < 4.78 is 38.4. The van der Waals surface area contributed by atoms with E-state index in [9.17, 15) is 18.0 Å². The summed E-state index contributed by atoms with van der Waals surface area (Å²) in [7, 11) is -4.15. The van der Waals surface area contributed by atoms with Crippen LogP contribution in [0.3, 0.4) is 0 Å². The zero-order valence-electron chi connectivity index (χ0n) is 12.9. The van der Waals surface area contributed by atoms with Gasteiger partial charge in [0.15, 0.2) is 0 Å². The van der Waals surface area contributed by atoms with Gasteiger partial charge in [0.05, 0.1) is 5.92 Å². The van der Waals surface area contributed by atoms with Crippen molar-refractivity contribution < 1.29 is 34.9 Å². The van der Waals surface area contributed by atoms with Gasteiger partial charge < -0.3 is 12.3 Å². The molecule has 9 heteroatoms. The second-order valence-corrected chi connectivity index (χ2v) is 5.06. The van der Waals surface area contributed by atoms with E-state index < -0.39 is 40.3 Å². The topological polar surface area (TPSA) is 107 Å². The first-order chi connectivity index (χ1) is 8.26. The van der Waals surface area contributed by atoms with Crippen LogP contribution in [0.2, 0.25) is 0 Å². The first kappa shape index (κ1) is 21.2. The van der Waals surface area contributed by atoms with E-state index in [1.807, 2.05) is 0 Å². The molecule has 0 heterocycles. The summed E-state index contributed by atoms with van der Waals surface area (Å²) in [4.78, 5) is 22.2. The predicted molar refractivity (Wildman–Crippen MR) is 70.3 cm³/mol. The quantitative estimate of drug-likeness (QED) is 0.305. The van der Waals surface area contributed by atoms with Gasteiger partial charge in [-0.3, -0.25) is 9.35 Å². The van der Waals surface area contributed by atoms with Crippen molar-refractivity contribution in [1.82, 2.24) is 0 Å². The van der Waals surface area contributed by atoms with Crippen LogP contribution in [0, 0.1) is 5.92 Å². The van der Waals surface area contributed by atoms with E-state index in [4.69, 9.17) is 9.29 Å². The van der Waals surface area contributed by atoms with Crippen LogP contribution in [0.25, 0.3) is 0 Å². The Bertz CT molecular complexity index is 425. The van der Waals surface area contributed by atoms with Crippen LogP contribution in [0.1, 0.15) is 16.7 Å². The van der Waals surface area contributed by atoms with Crippen LogP contribution in [-0.4, -0.2) is 81.6 Å². The van der Waals surface area contributed by atoms with Crippen molar-refractivity contribution in [2.45, 2.75) is 13.8 Å². The van der Waals surface area contributed by atoms with Gasteiger partial charge in [-0.2, -0.15) is 8.42 Å². The molecule has 7 nitrogen and oxygen atoms in total. The Hall–Kier alpha value is -0.150. The average Bonchev–Trinajstić information content (AvgIpc) is 2.24. The van der Waals surface area contributed by atoms with Gasteiger partial charge in [-0.05, 0) is 13.8 Å². The number of rotatable bonds is 7. The molecule has 1 atom stereocenters. The van der Waals surface area contributed by atoms with Crippen molar-refractivity contribution in [3.05, 3.63) is 12.2 Å². The van der Waals surface area contributed by atoms with E-state index in [2.05, 4.69) is 4.74 Å². The molecule has 0 aliphatic rings. The Labute approximate surface area is 145 Å². The van der Waals surface area contributed by atoms with E-state index in [0.29, 0.717) is 0 Å². The van der Waals surface area contributed by atoms with Crippen LogP contribution in [-0.2, 0) is 29.2 Å². The van der Waals surface area contributed by atoms with E-state index in [1.54, 1.807) is 6.92 Å². The summed E-state index contributed by atoms with van der Waals surface area (Å²) >= 11 is 0. The number of allylic oxidation sites excluding steroid dienone is 1. The Balaban J connectivity index is -0.000000482. The van der Waals surface area contributed by atoms with Crippen LogP contribution in [0.4, 0.5) is 0 Å². The summed E-state index contributed by atoms with van der Waals surface area (Å²) in [6, 6.07) is 0. The first-order valence-corrected chi connectivity index (χ1v) is 6.78. The van der Waals surface area contributed by atoms with Gasteiger partial charge in [-0.15, -0.1) is 0 Å². The number of carbonyl (C=O) groups is 2. The molecule has 0 rings (SSSR count). The molecule has 0 radical (unpaired) electrons. The second kappa shape index (κ2) is 10.6. The van der Waals surface area contributed by atoms with Crippen LogP contribution in [0.15, 0.2) is 12.2 Å². The van der Waals surface area contributed by atoms with Crippen LogP contribution in [0.5, 0.6) is 0 Å². The van der Waals surface area contributed by atoms with Gasteiger partial charge in [-0.1, -0.05) is 6.08 Å². The number of esters is 2. The predicted octanol–water partition coefficient (Wildman–Crippen LogP) is 0.0170. The molecule has 0 saturated heterocycles. The van der Waals surface area contributed by atoms with Crippen molar-refractivity contribution in [2.24, 2.45) is 5.92 Å². The van der Waals surface area contributed by atoms with Gasteiger partial charge in [0, 0.05) is 6.08 Å². The Morgan fingerprint density at radius 3 is 2.42 bits per heavy atom. The number of hydrogen-bond acceptors (Lipinski definition) is 6. The standard InChI is InChI=1S/C10H16O7S.Ca.2H/c1-3-4-9(11)17-7-8(2)10(12)16-5-6-18(13,14)15;;;/h3-4,8H,5-7H2,1-2H3,(H,13,14,15);;;/q;+2;2*-1. The molecule has 0 aliphatic carbocycles. The third-order valence-corrected chi connectivity index (χ3v) is 2.45. The number of hydrogen-bond donors (Lipinski definition) is 1. The van der Waals surface area contributed by atoms with Gasteiger partial charge in [0.2, 0.25) is 0 Å². The van der Waals surface area contributed by atoms with Crippen molar-refractivity contribution in [3.63, 3.8) is 0 Å². The van der Waals surface area contributed by atoms with E-state index in [1.165, 1.54) is 19.1 Å². The van der Waals surface area contributed by atoms with Gasteiger partial charge in [-0.25, -0.2) is 4.79 Å². The monoisotopic (exact) mass is 322 g/mol. The summed E-state index contributed by atoms with van der Waals surface area (Å²) in [6.45, 7) is 2.52. The molecule has 0 aliphatic heterocycles. The summed E-state index contributed by atoms with van der Waals surface area (Å²) in [6.07, 6.45) is 2.70. The molecule has 0 saturated carbocycles. The van der Waals surface area contributed by atoms with Gasteiger partial charge >= 0.3 is 49.7 Å². The van der Waals surface area contributed by atoms with Crippen molar-refractivity contribution in [1.29, 1.82) is 0 Å². The molecule has 0 aromatic rings. The Kier molecular flexibility index (Phi) is 11.8. The zero-order valence-corrected chi connectivity index (χ0v) is 13.9. The van der Waals surface area contributed by atoms with E-state index in [0.717, 1.165) is 0 Å². The summed E-state index contributed by atoms with van der Waals surface area (Å²) in [5, 5.41) is 0. The molecule has 0 bridgehead atoms. The molecule has 1 N–H and O–H groups in total. The molecule has 108 valence electrons. The van der Waals surface area contributed by atoms with Crippen LogP contribution < -0.4 is 0 Å². The zero-order chi connectivity index (χ0) is 14.2. The maximum atomic E-state index is 11.3. The Morgan fingerprint density at radius 1 is 1.37 bits per heavy atom. The molecule has 0 spiro atoms. The van der Waals surface area contributed by atoms with Gasteiger partial charge in [0.25, 0.3) is 10.1 Å².